The van der Waals surface area contributed by atoms with Crippen LogP contribution in [0.3, 0.4) is 0 Å². The van der Waals surface area contributed by atoms with E-state index in [9.17, 15) is 0 Å². The lowest BCUT2D eigenvalue weighted by Crippen LogP contribution is -2.14. The molecule has 0 atom stereocenters. The quantitative estimate of drug-likeness (QED) is 0.760. The van der Waals surface area contributed by atoms with Crippen molar-refractivity contribution in [1.29, 1.82) is 0 Å². The normalized spacial score (nSPS) is 11.5. The number of aromatic nitrogens is 4. The van der Waals surface area contributed by atoms with E-state index in [1.54, 1.807) is 6.33 Å². The van der Waals surface area contributed by atoms with Gasteiger partial charge in [-0.1, -0.05) is 11.6 Å². The maximum atomic E-state index is 8.98. The Kier molecular flexibility index (Phi) is 3.88. The number of nitrogens with zero attached hydrogens (tertiary/aromatic N) is 4. The molecule has 0 amide bonds. The van der Waals surface area contributed by atoms with Crippen LogP contribution in [0.4, 0.5) is 0 Å². The summed E-state index contributed by atoms with van der Waals surface area (Å²) in [5.74, 6) is -0.121. The highest BCUT2D eigenvalue weighted by molar-refractivity contribution is 6.33. The highest BCUT2D eigenvalue weighted by Crippen LogP contribution is 2.17. The van der Waals surface area contributed by atoms with Crippen LogP contribution in [0.25, 0.3) is 11.2 Å². The van der Waals surface area contributed by atoms with Crippen molar-refractivity contribution in [2.45, 2.75) is 13.0 Å². The van der Waals surface area contributed by atoms with Gasteiger partial charge in [-0.25, -0.2) is 15.0 Å². The zero-order chi connectivity index (χ0) is 12.3. The molecule has 0 aliphatic rings. The first kappa shape index (κ1) is 12.2. The van der Waals surface area contributed by atoms with Crippen LogP contribution >= 0.6 is 11.6 Å². The molecule has 0 bridgehead atoms. The number of fused-ring (bicyclic) bond motifs is 1. The fourth-order valence-corrected chi connectivity index (χ4v) is 1.75. The van der Waals surface area contributed by atoms with E-state index in [4.69, 9.17) is 21.8 Å². The lowest BCUT2D eigenvalue weighted by molar-refractivity contribution is 0.140. The Hall–Kier alpha value is -1.24. The third-order valence-corrected chi connectivity index (χ3v) is 2.93. The molecule has 0 unspecified atom stereocenters. The molecule has 0 spiro atoms. The Morgan fingerprint density at radius 3 is 2.71 bits per heavy atom. The molecular weight excluding hydrogens is 244 g/mol. The number of imidazole rings is 1. The van der Waals surface area contributed by atoms with Crippen molar-refractivity contribution in [3.05, 3.63) is 17.8 Å². The van der Waals surface area contributed by atoms with Gasteiger partial charge in [0, 0.05) is 25.7 Å². The number of halogens is 1. The van der Waals surface area contributed by atoms with Crippen molar-refractivity contribution in [3.8, 4) is 0 Å². The molecule has 0 aliphatic heterocycles. The number of aryl methyl sites for hydroxylation is 1. The molecule has 2 aromatic heterocycles. The maximum Gasteiger partial charge on any atom is 0.164 e. The highest BCUT2D eigenvalue weighted by atomic mass is 35.5. The molecule has 2 heterocycles. The van der Waals surface area contributed by atoms with E-state index < -0.39 is 0 Å². The minimum absolute atomic E-state index is 0.0289. The molecule has 0 aliphatic carbocycles. The van der Waals surface area contributed by atoms with Crippen LogP contribution in [0, 0.1) is 5.92 Å². The number of hydrogen-bond acceptors (Lipinski definition) is 5. The summed E-state index contributed by atoms with van der Waals surface area (Å²) in [7, 11) is 0. The summed E-state index contributed by atoms with van der Waals surface area (Å²) in [5.41, 5.74) is 1.23. The summed E-state index contributed by atoms with van der Waals surface area (Å²) in [5, 5.41) is 18.3. The third kappa shape index (κ3) is 2.54. The zero-order valence-corrected chi connectivity index (χ0v) is 9.88. The molecule has 2 N–H and O–H groups in total. The van der Waals surface area contributed by atoms with Gasteiger partial charge in [0.05, 0.1) is 6.33 Å². The zero-order valence-electron chi connectivity index (χ0n) is 9.12. The van der Waals surface area contributed by atoms with Crippen LogP contribution < -0.4 is 0 Å². The standard InChI is InChI=1S/C10H13ClN4O2/c11-9-8-10(13-5-12-9)15(6-14-8)2-1-7(3-16)4-17/h5-7,16-17H,1-4H2. The van der Waals surface area contributed by atoms with Crippen LogP contribution in [0.2, 0.25) is 5.15 Å². The summed E-state index contributed by atoms with van der Waals surface area (Å²) in [6.07, 6.45) is 3.68. The Morgan fingerprint density at radius 1 is 1.24 bits per heavy atom. The van der Waals surface area contributed by atoms with Gasteiger partial charge in [0.1, 0.15) is 11.8 Å². The lowest BCUT2D eigenvalue weighted by atomic mass is 10.1. The molecule has 7 heteroatoms. The van der Waals surface area contributed by atoms with Crippen molar-refractivity contribution < 1.29 is 10.2 Å². The molecule has 2 rings (SSSR count). The Labute approximate surface area is 103 Å². The SMILES string of the molecule is OCC(CO)CCn1cnc2c(Cl)ncnc21. The van der Waals surface area contributed by atoms with Crippen LogP contribution in [-0.2, 0) is 6.54 Å². The fraction of sp³-hybridized carbons (Fsp3) is 0.500. The monoisotopic (exact) mass is 256 g/mol. The lowest BCUT2D eigenvalue weighted by Gasteiger charge is -2.10. The predicted octanol–water partition coefficient (Wildman–Crippen LogP) is 0.471. The van der Waals surface area contributed by atoms with Gasteiger partial charge in [-0.15, -0.1) is 0 Å². The molecule has 0 saturated heterocycles. The second kappa shape index (κ2) is 5.39. The average Bonchev–Trinajstić information content (AvgIpc) is 2.75. The second-order valence-corrected chi connectivity index (χ2v) is 4.15. The molecule has 17 heavy (non-hydrogen) atoms. The molecule has 0 fully saturated rings. The van der Waals surface area contributed by atoms with Crippen molar-refractivity contribution in [2.75, 3.05) is 13.2 Å². The van der Waals surface area contributed by atoms with E-state index in [2.05, 4.69) is 15.0 Å². The molecule has 0 saturated carbocycles. The van der Waals surface area contributed by atoms with Gasteiger partial charge in [0.15, 0.2) is 10.8 Å². The number of aliphatic hydroxyl groups excluding tert-OH is 2. The molecule has 0 radical (unpaired) electrons. The number of aliphatic hydroxyl groups is 2. The average molecular weight is 257 g/mol. The molecule has 6 nitrogen and oxygen atoms in total. The van der Waals surface area contributed by atoms with Gasteiger partial charge in [0.2, 0.25) is 0 Å². The van der Waals surface area contributed by atoms with E-state index in [0.717, 1.165) is 0 Å². The van der Waals surface area contributed by atoms with E-state index >= 15 is 0 Å². The summed E-state index contributed by atoms with van der Waals surface area (Å²) in [4.78, 5) is 12.1. The van der Waals surface area contributed by atoms with E-state index in [1.807, 2.05) is 4.57 Å². The summed E-state index contributed by atoms with van der Waals surface area (Å²) >= 11 is 5.88. The van der Waals surface area contributed by atoms with Gasteiger partial charge in [0.25, 0.3) is 0 Å². The first-order valence-electron chi connectivity index (χ1n) is 5.29. The minimum Gasteiger partial charge on any atom is -0.396 e. The van der Waals surface area contributed by atoms with Crippen LogP contribution in [-0.4, -0.2) is 42.9 Å². The van der Waals surface area contributed by atoms with Crippen LogP contribution in [0.5, 0.6) is 0 Å². The van der Waals surface area contributed by atoms with Crippen LogP contribution in [0.1, 0.15) is 6.42 Å². The Balaban J connectivity index is 2.17. The minimum atomic E-state index is -0.121. The maximum absolute atomic E-state index is 8.98. The topological polar surface area (TPSA) is 84.1 Å². The fourth-order valence-electron chi connectivity index (χ4n) is 1.58. The van der Waals surface area contributed by atoms with Gasteiger partial charge in [-0.05, 0) is 6.42 Å². The van der Waals surface area contributed by atoms with E-state index in [0.29, 0.717) is 29.3 Å². The second-order valence-electron chi connectivity index (χ2n) is 3.79. The Morgan fingerprint density at radius 2 is 2.00 bits per heavy atom. The number of rotatable bonds is 5. The van der Waals surface area contributed by atoms with Crippen LogP contribution in [0.15, 0.2) is 12.7 Å². The van der Waals surface area contributed by atoms with E-state index in [-0.39, 0.29) is 19.1 Å². The first-order chi connectivity index (χ1) is 8.26. The molecule has 92 valence electrons. The Bertz CT molecular complexity index is 498. The van der Waals surface area contributed by atoms with E-state index in [1.165, 1.54) is 6.33 Å². The summed E-state index contributed by atoms with van der Waals surface area (Å²) in [6, 6.07) is 0. The molecule has 2 aromatic rings. The molecule has 0 aromatic carbocycles. The van der Waals surface area contributed by atoms with Gasteiger partial charge in [-0.3, -0.25) is 0 Å². The third-order valence-electron chi connectivity index (χ3n) is 2.65. The van der Waals surface area contributed by atoms with Gasteiger partial charge >= 0.3 is 0 Å². The van der Waals surface area contributed by atoms with Crippen molar-refractivity contribution >= 4 is 22.8 Å². The van der Waals surface area contributed by atoms with Gasteiger partial charge in [-0.2, -0.15) is 0 Å². The molecular formula is C10H13ClN4O2. The van der Waals surface area contributed by atoms with Crippen molar-refractivity contribution in [2.24, 2.45) is 5.92 Å². The first-order valence-corrected chi connectivity index (χ1v) is 5.67. The largest absolute Gasteiger partial charge is 0.396 e. The smallest absolute Gasteiger partial charge is 0.164 e. The predicted molar refractivity (Wildman–Crippen MR) is 62.6 cm³/mol. The highest BCUT2D eigenvalue weighted by Gasteiger charge is 2.10. The van der Waals surface area contributed by atoms with Crippen molar-refractivity contribution in [1.82, 2.24) is 19.5 Å². The van der Waals surface area contributed by atoms with Crippen molar-refractivity contribution in [3.63, 3.8) is 0 Å². The van der Waals surface area contributed by atoms with Gasteiger partial charge < -0.3 is 14.8 Å². The summed E-state index contributed by atoms with van der Waals surface area (Å²) < 4.78 is 1.83. The summed E-state index contributed by atoms with van der Waals surface area (Å²) in [6.45, 7) is 0.563. The number of hydrogen-bond donors (Lipinski definition) is 2.